The van der Waals surface area contributed by atoms with E-state index in [1.165, 1.54) is 31.2 Å². The molecule has 0 unspecified atom stereocenters. The molecule has 0 spiro atoms. The van der Waals surface area contributed by atoms with Crippen molar-refractivity contribution in [1.82, 2.24) is 0 Å². The molecule has 3 amide bonds. The zero-order valence-electron chi connectivity index (χ0n) is 18.4. The van der Waals surface area contributed by atoms with Crippen LogP contribution >= 0.6 is 0 Å². The lowest BCUT2D eigenvalue weighted by atomic mass is 10.0. The van der Waals surface area contributed by atoms with Gasteiger partial charge in [0, 0.05) is 18.3 Å². The van der Waals surface area contributed by atoms with E-state index in [-0.39, 0.29) is 17.2 Å². The summed E-state index contributed by atoms with van der Waals surface area (Å²) in [5.74, 6) is -1.71. The normalized spacial score (nSPS) is 13.5. The lowest BCUT2D eigenvalue weighted by Crippen LogP contribution is -2.32. The van der Waals surface area contributed by atoms with E-state index in [1.807, 2.05) is 32.0 Å². The number of carbonyl (C=O) groups excluding carboxylic acids is 3. The summed E-state index contributed by atoms with van der Waals surface area (Å²) in [6.45, 7) is 5.23. The van der Waals surface area contributed by atoms with Crippen molar-refractivity contribution >= 4 is 40.4 Å². The molecule has 7 heteroatoms. The van der Waals surface area contributed by atoms with Gasteiger partial charge in [-0.3, -0.25) is 14.4 Å². The van der Waals surface area contributed by atoms with E-state index in [9.17, 15) is 18.8 Å². The highest BCUT2D eigenvalue weighted by Crippen LogP contribution is 2.35. The molecule has 1 aliphatic heterocycles. The molecule has 33 heavy (non-hydrogen) atoms. The number of imide groups is 1. The van der Waals surface area contributed by atoms with Crippen LogP contribution in [0.15, 0.2) is 72.4 Å². The lowest BCUT2D eigenvalue weighted by molar-refractivity contribution is -0.120. The summed E-state index contributed by atoms with van der Waals surface area (Å²) in [7, 11) is 0. The zero-order chi connectivity index (χ0) is 23.7. The van der Waals surface area contributed by atoms with Gasteiger partial charge in [-0.25, -0.2) is 9.29 Å². The van der Waals surface area contributed by atoms with Crippen molar-refractivity contribution in [3.8, 4) is 0 Å². The quantitative estimate of drug-likeness (QED) is 0.556. The molecule has 0 aliphatic carbocycles. The zero-order valence-corrected chi connectivity index (χ0v) is 18.4. The summed E-state index contributed by atoms with van der Waals surface area (Å²) in [6.07, 6.45) is 0. The fourth-order valence-corrected chi connectivity index (χ4v) is 3.67. The summed E-state index contributed by atoms with van der Waals surface area (Å²) >= 11 is 0. The van der Waals surface area contributed by atoms with Crippen LogP contribution in [0.4, 0.5) is 21.5 Å². The largest absolute Gasteiger partial charge is 0.350 e. The van der Waals surface area contributed by atoms with Crippen molar-refractivity contribution in [3.63, 3.8) is 0 Å². The van der Waals surface area contributed by atoms with E-state index >= 15 is 0 Å². The first kappa shape index (κ1) is 22.0. The Kier molecular flexibility index (Phi) is 5.79. The van der Waals surface area contributed by atoms with Crippen molar-refractivity contribution in [2.24, 2.45) is 0 Å². The molecule has 6 nitrogen and oxygen atoms in total. The second-order valence-corrected chi connectivity index (χ2v) is 7.87. The Balaban J connectivity index is 1.78. The highest BCUT2D eigenvalue weighted by atomic mass is 19.1. The number of amides is 3. The van der Waals surface area contributed by atoms with E-state index in [2.05, 4.69) is 10.6 Å². The van der Waals surface area contributed by atoms with Crippen molar-refractivity contribution in [2.75, 3.05) is 15.5 Å². The molecule has 0 atom stereocenters. The standard InChI is InChI=1S/C26H22FN3O3/c1-15-4-5-16(2)22(14-15)29-24-23(18-6-8-19(27)9-7-18)25(32)30(26(24)33)21-12-10-20(11-13-21)28-17(3)31/h4-14,29H,1-3H3,(H,28,31). The van der Waals surface area contributed by atoms with Crippen molar-refractivity contribution in [1.29, 1.82) is 0 Å². The fraction of sp³-hybridized carbons (Fsp3) is 0.115. The van der Waals surface area contributed by atoms with Gasteiger partial charge in [0.1, 0.15) is 11.5 Å². The summed E-state index contributed by atoms with van der Waals surface area (Å²) in [5.41, 5.74) is 4.22. The minimum Gasteiger partial charge on any atom is -0.350 e. The summed E-state index contributed by atoms with van der Waals surface area (Å²) in [4.78, 5) is 39.3. The molecule has 3 aromatic carbocycles. The Hall–Kier alpha value is -4.26. The number of halogens is 1. The van der Waals surface area contributed by atoms with Crippen LogP contribution < -0.4 is 15.5 Å². The maximum absolute atomic E-state index is 13.5. The smallest absolute Gasteiger partial charge is 0.282 e. The molecule has 3 aromatic rings. The number of hydrogen-bond donors (Lipinski definition) is 2. The predicted octanol–water partition coefficient (Wildman–Crippen LogP) is 4.80. The van der Waals surface area contributed by atoms with Crippen LogP contribution in [0.5, 0.6) is 0 Å². The van der Waals surface area contributed by atoms with Crippen LogP contribution in [0.25, 0.3) is 5.57 Å². The van der Waals surface area contributed by atoms with Gasteiger partial charge in [0.05, 0.1) is 11.3 Å². The SMILES string of the molecule is CC(=O)Nc1ccc(N2C(=O)C(Nc3cc(C)ccc3C)=C(c3ccc(F)cc3)C2=O)cc1. The average molecular weight is 443 g/mol. The maximum Gasteiger partial charge on any atom is 0.282 e. The highest BCUT2D eigenvalue weighted by Gasteiger charge is 2.40. The van der Waals surface area contributed by atoms with Gasteiger partial charge in [0.25, 0.3) is 11.8 Å². The first-order valence-corrected chi connectivity index (χ1v) is 10.4. The van der Waals surface area contributed by atoms with Gasteiger partial charge >= 0.3 is 0 Å². The summed E-state index contributed by atoms with van der Waals surface area (Å²) in [5, 5.41) is 5.80. The minimum absolute atomic E-state index is 0.117. The molecule has 166 valence electrons. The number of aryl methyl sites for hydroxylation is 2. The Morgan fingerprint density at radius 2 is 1.55 bits per heavy atom. The summed E-state index contributed by atoms with van der Waals surface area (Å²) in [6, 6.07) is 17.6. The van der Waals surface area contributed by atoms with Crippen molar-refractivity contribution in [3.05, 3.63) is 94.9 Å². The molecule has 4 rings (SSSR count). The van der Waals surface area contributed by atoms with E-state index in [0.29, 0.717) is 22.6 Å². The molecule has 1 heterocycles. The van der Waals surface area contributed by atoms with Crippen molar-refractivity contribution < 1.29 is 18.8 Å². The molecule has 0 bridgehead atoms. The van der Waals surface area contributed by atoms with E-state index < -0.39 is 17.6 Å². The molecule has 0 aromatic heterocycles. The van der Waals surface area contributed by atoms with Crippen LogP contribution in [0, 0.1) is 19.7 Å². The Labute approximate surface area is 190 Å². The van der Waals surface area contributed by atoms with Gasteiger partial charge < -0.3 is 10.6 Å². The lowest BCUT2D eigenvalue weighted by Gasteiger charge is -2.16. The number of rotatable bonds is 5. The summed E-state index contributed by atoms with van der Waals surface area (Å²) < 4.78 is 13.5. The van der Waals surface area contributed by atoms with Crippen LogP contribution in [-0.2, 0) is 14.4 Å². The number of nitrogens with zero attached hydrogens (tertiary/aromatic N) is 1. The third-order valence-electron chi connectivity index (χ3n) is 5.32. The van der Waals surface area contributed by atoms with Crippen LogP contribution in [0.3, 0.4) is 0 Å². The second kappa shape index (κ2) is 8.70. The molecule has 0 saturated heterocycles. The third kappa shape index (κ3) is 4.39. The maximum atomic E-state index is 13.5. The third-order valence-corrected chi connectivity index (χ3v) is 5.32. The average Bonchev–Trinajstić information content (AvgIpc) is 3.01. The first-order valence-electron chi connectivity index (χ1n) is 10.4. The second-order valence-electron chi connectivity index (χ2n) is 7.87. The van der Waals surface area contributed by atoms with Gasteiger partial charge in [0.2, 0.25) is 5.91 Å². The predicted molar refractivity (Wildman–Crippen MR) is 126 cm³/mol. The number of hydrogen-bond acceptors (Lipinski definition) is 4. The Bertz CT molecular complexity index is 1300. The monoisotopic (exact) mass is 443 g/mol. The number of nitrogens with one attached hydrogen (secondary N) is 2. The fourth-order valence-electron chi connectivity index (χ4n) is 3.67. The highest BCUT2D eigenvalue weighted by molar-refractivity contribution is 6.46. The van der Waals surface area contributed by atoms with Crippen molar-refractivity contribution in [2.45, 2.75) is 20.8 Å². The van der Waals surface area contributed by atoms with Crippen LogP contribution in [-0.4, -0.2) is 17.7 Å². The number of benzene rings is 3. The molecule has 2 N–H and O–H groups in total. The van der Waals surface area contributed by atoms with Crippen LogP contribution in [0.1, 0.15) is 23.6 Å². The van der Waals surface area contributed by atoms with E-state index in [1.54, 1.807) is 24.3 Å². The van der Waals surface area contributed by atoms with Gasteiger partial charge in [-0.1, -0.05) is 24.3 Å². The molecular formula is C26H22FN3O3. The van der Waals surface area contributed by atoms with Gasteiger partial charge in [-0.05, 0) is 73.0 Å². The number of carbonyl (C=O) groups is 3. The molecule has 1 aliphatic rings. The first-order chi connectivity index (χ1) is 15.7. The van der Waals surface area contributed by atoms with E-state index in [0.717, 1.165) is 16.0 Å². The topological polar surface area (TPSA) is 78.5 Å². The molecule has 0 radical (unpaired) electrons. The van der Waals surface area contributed by atoms with Gasteiger partial charge in [-0.2, -0.15) is 0 Å². The molecular weight excluding hydrogens is 421 g/mol. The molecule has 0 saturated carbocycles. The van der Waals surface area contributed by atoms with Crippen LogP contribution in [0.2, 0.25) is 0 Å². The number of anilines is 3. The van der Waals surface area contributed by atoms with E-state index in [4.69, 9.17) is 0 Å². The van der Waals surface area contributed by atoms with Gasteiger partial charge in [-0.15, -0.1) is 0 Å². The molecule has 0 fully saturated rings. The Morgan fingerprint density at radius 3 is 2.18 bits per heavy atom. The Morgan fingerprint density at radius 1 is 0.879 bits per heavy atom. The minimum atomic E-state index is -0.522. The van der Waals surface area contributed by atoms with Gasteiger partial charge in [0.15, 0.2) is 0 Å².